The molecule has 0 aromatic heterocycles. The highest BCUT2D eigenvalue weighted by Crippen LogP contribution is 2.14. The van der Waals surface area contributed by atoms with Gasteiger partial charge in [0.05, 0.1) is 17.8 Å². The number of nitrogens with two attached hydrogens (primary N) is 1. The molecule has 4 nitrogen and oxygen atoms in total. The maximum absolute atomic E-state index is 9.65. The van der Waals surface area contributed by atoms with Gasteiger partial charge in [-0.3, -0.25) is 4.90 Å². The standard InChI is InChI=1S/C11H24N2O2/c1-9-7-13(5-4-11(2,3)14)8-10(6-12)15-9/h9-10,14H,4-8,12H2,1-3H3. The van der Waals surface area contributed by atoms with Gasteiger partial charge in [0.25, 0.3) is 0 Å². The first-order valence-electron chi connectivity index (χ1n) is 5.71. The van der Waals surface area contributed by atoms with Crippen LogP contribution in [0.3, 0.4) is 0 Å². The molecule has 0 radical (unpaired) electrons. The Hall–Kier alpha value is -0.160. The molecule has 1 aliphatic rings. The second-order valence-electron chi connectivity index (χ2n) is 5.13. The van der Waals surface area contributed by atoms with Gasteiger partial charge < -0.3 is 15.6 Å². The van der Waals surface area contributed by atoms with Crippen LogP contribution in [-0.4, -0.2) is 54.0 Å². The molecular formula is C11H24N2O2. The van der Waals surface area contributed by atoms with E-state index >= 15 is 0 Å². The molecule has 90 valence electrons. The molecule has 2 unspecified atom stereocenters. The summed E-state index contributed by atoms with van der Waals surface area (Å²) in [5.41, 5.74) is 5.03. The van der Waals surface area contributed by atoms with Gasteiger partial charge in [0.1, 0.15) is 0 Å². The van der Waals surface area contributed by atoms with E-state index in [2.05, 4.69) is 11.8 Å². The summed E-state index contributed by atoms with van der Waals surface area (Å²) in [7, 11) is 0. The topological polar surface area (TPSA) is 58.7 Å². The molecule has 3 N–H and O–H groups in total. The largest absolute Gasteiger partial charge is 0.390 e. The van der Waals surface area contributed by atoms with Crippen LogP contribution < -0.4 is 5.73 Å². The van der Waals surface area contributed by atoms with Crippen LogP contribution in [0.2, 0.25) is 0 Å². The number of morpholine rings is 1. The number of nitrogens with zero attached hydrogens (tertiary/aromatic N) is 1. The van der Waals surface area contributed by atoms with Crippen LogP contribution in [-0.2, 0) is 4.74 Å². The van der Waals surface area contributed by atoms with Crippen molar-refractivity contribution in [1.82, 2.24) is 4.90 Å². The molecule has 0 aromatic rings. The fourth-order valence-corrected chi connectivity index (χ4v) is 1.89. The summed E-state index contributed by atoms with van der Waals surface area (Å²) in [6, 6.07) is 0. The lowest BCUT2D eigenvalue weighted by molar-refractivity contribution is -0.0767. The van der Waals surface area contributed by atoms with Crippen molar-refractivity contribution in [2.75, 3.05) is 26.2 Å². The van der Waals surface area contributed by atoms with E-state index in [1.165, 1.54) is 0 Å². The van der Waals surface area contributed by atoms with Gasteiger partial charge in [-0.05, 0) is 27.2 Å². The Balaban J connectivity index is 2.35. The molecule has 2 atom stereocenters. The normalized spacial score (nSPS) is 29.4. The molecule has 0 saturated carbocycles. The number of hydrogen-bond acceptors (Lipinski definition) is 4. The van der Waals surface area contributed by atoms with Gasteiger partial charge in [-0.1, -0.05) is 0 Å². The third-order valence-electron chi connectivity index (χ3n) is 2.70. The molecule has 1 heterocycles. The first kappa shape index (κ1) is 12.9. The van der Waals surface area contributed by atoms with Crippen molar-refractivity contribution in [3.63, 3.8) is 0 Å². The number of hydrogen-bond donors (Lipinski definition) is 2. The SMILES string of the molecule is CC1CN(CCC(C)(C)O)CC(CN)O1. The van der Waals surface area contributed by atoms with Crippen LogP contribution in [0.4, 0.5) is 0 Å². The zero-order valence-corrected chi connectivity index (χ0v) is 10.1. The van der Waals surface area contributed by atoms with Crippen molar-refractivity contribution >= 4 is 0 Å². The number of rotatable bonds is 4. The van der Waals surface area contributed by atoms with E-state index in [1.807, 2.05) is 13.8 Å². The van der Waals surface area contributed by atoms with E-state index in [0.29, 0.717) is 6.54 Å². The Kier molecular flexibility index (Phi) is 4.52. The number of aliphatic hydroxyl groups is 1. The fraction of sp³-hybridized carbons (Fsp3) is 1.00. The summed E-state index contributed by atoms with van der Waals surface area (Å²) in [4.78, 5) is 2.32. The average molecular weight is 216 g/mol. The maximum atomic E-state index is 9.65. The van der Waals surface area contributed by atoms with Crippen LogP contribution in [0.25, 0.3) is 0 Å². The Morgan fingerprint density at radius 1 is 1.47 bits per heavy atom. The van der Waals surface area contributed by atoms with Crippen LogP contribution in [0, 0.1) is 0 Å². The van der Waals surface area contributed by atoms with Gasteiger partial charge in [-0.15, -0.1) is 0 Å². The summed E-state index contributed by atoms with van der Waals surface area (Å²) >= 11 is 0. The smallest absolute Gasteiger partial charge is 0.0828 e. The second-order valence-corrected chi connectivity index (χ2v) is 5.13. The lowest BCUT2D eigenvalue weighted by atomic mass is 10.0. The van der Waals surface area contributed by atoms with Gasteiger partial charge in [0.15, 0.2) is 0 Å². The Morgan fingerprint density at radius 2 is 2.13 bits per heavy atom. The maximum Gasteiger partial charge on any atom is 0.0828 e. The highest BCUT2D eigenvalue weighted by molar-refractivity contribution is 4.78. The first-order valence-corrected chi connectivity index (χ1v) is 5.71. The molecule has 0 bridgehead atoms. The fourth-order valence-electron chi connectivity index (χ4n) is 1.89. The Bertz CT molecular complexity index is 192. The van der Waals surface area contributed by atoms with Gasteiger partial charge >= 0.3 is 0 Å². The van der Waals surface area contributed by atoms with Crippen LogP contribution in [0.15, 0.2) is 0 Å². The van der Waals surface area contributed by atoms with E-state index < -0.39 is 5.60 Å². The first-order chi connectivity index (χ1) is 6.90. The monoisotopic (exact) mass is 216 g/mol. The molecular weight excluding hydrogens is 192 g/mol. The molecule has 0 spiro atoms. The lowest BCUT2D eigenvalue weighted by Crippen LogP contribution is -2.50. The molecule has 15 heavy (non-hydrogen) atoms. The van der Waals surface area contributed by atoms with Crippen molar-refractivity contribution < 1.29 is 9.84 Å². The average Bonchev–Trinajstić information content (AvgIpc) is 2.13. The summed E-state index contributed by atoms with van der Waals surface area (Å²) in [6.45, 7) is 9.06. The third-order valence-corrected chi connectivity index (χ3v) is 2.70. The van der Waals surface area contributed by atoms with Crippen LogP contribution in [0.5, 0.6) is 0 Å². The summed E-state index contributed by atoms with van der Waals surface area (Å²) < 4.78 is 5.67. The van der Waals surface area contributed by atoms with Crippen molar-refractivity contribution in [3.8, 4) is 0 Å². The van der Waals surface area contributed by atoms with Crippen molar-refractivity contribution in [3.05, 3.63) is 0 Å². The van der Waals surface area contributed by atoms with Crippen molar-refractivity contribution in [2.24, 2.45) is 5.73 Å². The highest BCUT2D eigenvalue weighted by atomic mass is 16.5. The summed E-state index contributed by atoms with van der Waals surface area (Å²) in [5, 5.41) is 9.65. The molecule has 0 amide bonds. The second kappa shape index (κ2) is 5.25. The summed E-state index contributed by atoms with van der Waals surface area (Å²) in [5.74, 6) is 0. The highest BCUT2D eigenvalue weighted by Gasteiger charge is 2.25. The lowest BCUT2D eigenvalue weighted by Gasteiger charge is -2.37. The quantitative estimate of drug-likeness (QED) is 0.704. The Labute approximate surface area is 92.4 Å². The van der Waals surface area contributed by atoms with Gasteiger partial charge in [0, 0.05) is 26.2 Å². The molecule has 0 aliphatic carbocycles. The minimum absolute atomic E-state index is 0.149. The van der Waals surface area contributed by atoms with Crippen molar-refractivity contribution in [1.29, 1.82) is 0 Å². The number of ether oxygens (including phenoxy) is 1. The summed E-state index contributed by atoms with van der Waals surface area (Å²) in [6.07, 6.45) is 1.18. The Morgan fingerprint density at radius 3 is 2.67 bits per heavy atom. The van der Waals surface area contributed by atoms with Gasteiger partial charge in [-0.25, -0.2) is 0 Å². The van der Waals surface area contributed by atoms with E-state index in [1.54, 1.807) is 0 Å². The minimum Gasteiger partial charge on any atom is -0.390 e. The predicted molar refractivity (Wildman–Crippen MR) is 60.7 cm³/mol. The molecule has 1 rings (SSSR count). The van der Waals surface area contributed by atoms with Crippen molar-refractivity contribution in [2.45, 2.75) is 45.0 Å². The van der Waals surface area contributed by atoms with Crippen LogP contribution >= 0.6 is 0 Å². The molecule has 4 heteroatoms. The zero-order chi connectivity index (χ0) is 11.5. The third kappa shape index (κ3) is 4.93. The molecule has 1 saturated heterocycles. The van der Waals surface area contributed by atoms with E-state index in [9.17, 15) is 5.11 Å². The minimum atomic E-state index is -0.584. The molecule has 0 aromatic carbocycles. The van der Waals surface area contributed by atoms with Crippen LogP contribution in [0.1, 0.15) is 27.2 Å². The zero-order valence-electron chi connectivity index (χ0n) is 10.1. The van der Waals surface area contributed by atoms with Gasteiger partial charge in [-0.2, -0.15) is 0 Å². The molecule has 1 fully saturated rings. The predicted octanol–water partition coefficient (Wildman–Crippen LogP) is 0.195. The van der Waals surface area contributed by atoms with E-state index in [4.69, 9.17) is 10.5 Å². The van der Waals surface area contributed by atoms with E-state index in [0.717, 1.165) is 26.1 Å². The van der Waals surface area contributed by atoms with E-state index in [-0.39, 0.29) is 12.2 Å². The van der Waals surface area contributed by atoms with Gasteiger partial charge in [0.2, 0.25) is 0 Å². The molecule has 1 aliphatic heterocycles.